The van der Waals surface area contributed by atoms with Crippen LogP contribution in [0.5, 0.6) is 0 Å². The SMILES string of the molecule is CC(C)C[C@H](NC(=O)C1Cc2c([nH]c3ccccc23)C(CNC(=O)[C@H](CC(=O)O)NC(=O)CN)N1)C(=O)N[C@@H](Cc1ccccc1)C(=O)O. The molecule has 49 heavy (non-hydrogen) atoms. The topological polar surface area (TPSA) is 245 Å². The maximum absolute atomic E-state index is 13.8. The van der Waals surface area contributed by atoms with Crippen LogP contribution in [0.2, 0.25) is 0 Å². The van der Waals surface area contributed by atoms with Crippen LogP contribution in [0, 0.1) is 5.92 Å². The zero-order valence-corrected chi connectivity index (χ0v) is 27.3. The Morgan fingerprint density at radius 1 is 0.878 bits per heavy atom. The molecule has 4 rings (SSSR count). The highest BCUT2D eigenvalue weighted by molar-refractivity contribution is 5.94. The first-order chi connectivity index (χ1) is 23.4. The smallest absolute Gasteiger partial charge is 0.326 e. The fourth-order valence-electron chi connectivity index (χ4n) is 5.92. The fourth-order valence-corrected chi connectivity index (χ4v) is 5.92. The molecular weight excluding hydrogens is 634 g/mol. The number of benzene rings is 2. The minimum absolute atomic E-state index is 0.0190. The molecule has 15 heteroatoms. The van der Waals surface area contributed by atoms with Crippen molar-refractivity contribution in [2.45, 2.75) is 69.7 Å². The zero-order chi connectivity index (χ0) is 35.7. The minimum atomic E-state index is -1.37. The number of nitrogens with one attached hydrogen (secondary N) is 6. The van der Waals surface area contributed by atoms with Crippen LogP contribution in [0.4, 0.5) is 0 Å². The van der Waals surface area contributed by atoms with Gasteiger partial charge in [-0.2, -0.15) is 0 Å². The average molecular weight is 678 g/mol. The predicted molar refractivity (Wildman–Crippen MR) is 179 cm³/mol. The summed E-state index contributed by atoms with van der Waals surface area (Å²) in [5, 5.41) is 33.6. The third-order valence-electron chi connectivity index (χ3n) is 8.26. The molecule has 0 fully saturated rings. The summed E-state index contributed by atoms with van der Waals surface area (Å²) in [5.41, 5.74) is 8.41. The van der Waals surface area contributed by atoms with Gasteiger partial charge in [-0.05, 0) is 36.0 Å². The van der Waals surface area contributed by atoms with Crippen molar-refractivity contribution in [1.29, 1.82) is 0 Å². The molecule has 0 saturated heterocycles. The summed E-state index contributed by atoms with van der Waals surface area (Å²) in [6.07, 6.45) is -0.106. The molecule has 10 N–H and O–H groups in total. The Balaban J connectivity index is 1.53. The molecule has 15 nitrogen and oxygen atoms in total. The van der Waals surface area contributed by atoms with Gasteiger partial charge >= 0.3 is 11.9 Å². The third kappa shape index (κ3) is 9.87. The molecule has 2 aromatic carbocycles. The van der Waals surface area contributed by atoms with Gasteiger partial charge < -0.3 is 42.2 Å². The Bertz CT molecular complexity index is 1680. The molecule has 5 atom stereocenters. The molecule has 0 spiro atoms. The van der Waals surface area contributed by atoms with Crippen molar-refractivity contribution in [3.8, 4) is 0 Å². The molecule has 2 unspecified atom stereocenters. The first kappa shape index (κ1) is 36.6. The Morgan fingerprint density at radius 2 is 1.57 bits per heavy atom. The quantitative estimate of drug-likeness (QED) is 0.0990. The maximum atomic E-state index is 13.8. The number of fused-ring (bicyclic) bond motifs is 3. The molecule has 4 amide bonds. The van der Waals surface area contributed by atoms with Gasteiger partial charge in [0.05, 0.1) is 25.0 Å². The van der Waals surface area contributed by atoms with Crippen molar-refractivity contribution in [2.24, 2.45) is 11.7 Å². The van der Waals surface area contributed by atoms with Crippen molar-refractivity contribution < 1.29 is 39.0 Å². The van der Waals surface area contributed by atoms with Gasteiger partial charge in [0, 0.05) is 29.6 Å². The van der Waals surface area contributed by atoms with Gasteiger partial charge in [-0.1, -0.05) is 62.4 Å². The summed E-state index contributed by atoms with van der Waals surface area (Å²) in [4.78, 5) is 78.9. The number of hydrogen-bond donors (Lipinski definition) is 9. The van der Waals surface area contributed by atoms with Gasteiger partial charge in [-0.3, -0.25) is 29.3 Å². The van der Waals surface area contributed by atoms with E-state index in [0.29, 0.717) is 5.69 Å². The van der Waals surface area contributed by atoms with Gasteiger partial charge in [-0.25, -0.2) is 4.79 Å². The molecule has 1 aliphatic rings. The van der Waals surface area contributed by atoms with Crippen LogP contribution in [-0.2, 0) is 41.6 Å². The van der Waals surface area contributed by atoms with E-state index >= 15 is 0 Å². The largest absolute Gasteiger partial charge is 0.481 e. The first-order valence-corrected chi connectivity index (χ1v) is 16.1. The number of aromatic nitrogens is 1. The number of nitrogens with two attached hydrogens (primary N) is 1. The van der Waals surface area contributed by atoms with E-state index in [1.807, 2.05) is 44.2 Å². The van der Waals surface area contributed by atoms with Crippen LogP contribution in [0.25, 0.3) is 10.9 Å². The Kier molecular flexibility index (Phi) is 12.5. The number of carbonyl (C=O) groups excluding carboxylic acids is 4. The fraction of sp³-hybridized carbons (Fsp3) is 0.412. The van der Waals surface area contributed by atoms with E-state index in [0.717, 1.165) is 22.0 Å². The predicted octanol–water partition coefficient (Wildman–Crippen LogP) is 0.101. The summed E-state index contributed by atoms with van der Waals surface area (Å²) in [7, 11) is 0. The van der Waals surface area contributed by atoms with E-state index in [1.165, 1.54) is 0 Å². The standard InChI is InChI=1S/C34H43N7O8/c1-18(2)12-23(32(46)41-26(34(48)49)13-19-8-4-3-5-9-19)40-33(47)24-14-21-20-10-6-7-11-22(20)39-30(21)27(37-24)17-36-31(45)25(15-29(43)44)38-28(42)16-35/h3-11,18,23-27,37,39H,12-17,35H2,1-2H3,(H,36,45)(H,38,42)(H,40,47)(H,41,46)(H,43,44)(H,48,49)/t23-,24?,25-,26-,27?/m0/s1. The number of aliphatic carboxylic acids is 2. The number of carboxylic acids is 2. The van der Waals surface area contributed by atoms with Crippen LogP contribution < -0.4 is 32.3 Å². The lowest BCUT2D eigenvalue weighted by atomic mass is 9.92. The molecule has 0 radical (unpaired) electrons. The summed E-state index contributed by atoms with van der Waals surface area (Å²) in [5.74, 6) is -5.07. The number of H-pyrrole nitrogens is 1. The molecule has 1 aliphatic heterocycles. The summed E-state index contributed by atoms with van der Waals surface area (Å²) in [6.45, 7) is 3.26. The van der Waals surface area contributed by atoms with Crippen LogP contribution in [0.1, 0.15) is 49.6 Å². The molecule has 3 aromatic rings. The Morgan fingerprint density at radius 3 is 2.22 bits per heavy atom. The van der Waals surface area contributed by atoms with Crippen LogP contribution >= 0.6 is 0 Å². The minimum Gasteiger partial charge on any atom is -0.481 e. The summed E-state index contributed by atoms with van der Waals surface area (Å²) in [6, 6.07) is 11.3. The second-order valence-corrected chi connectivity index (χ2v) is 12.5. The second-order valence-electron chi connectivity index (χ2n) is 12.5. The van der Waals surface area contributed by atoms with E-state index < -0.39 is 78.7 Å². The lowest BCUT2D eigenvalue weighted by molar-refractivity contribution is -0.142. The molecule has 2 heterocycles. The summed E-state index contributed by atoms with van der Waals surface area (Å²) >= 11 is 0. The molecule has 262 valence electrons. The van der Waals surface area contributed by atoms with Gasteiger partial charge in [0.25, 0.3) is 0 Å². The van der Waals surface area contributed by atoms with E-state index in [9.17, 15) is 39.0 Å². The number of rotatable bonds is 16. The third-order valence-corrected chi connectivity index (χ3v) is 8.26. The number of para-hydroxylation sites is 1. The highest BCUT2D eigenvalue weighted by Crippen LogP contribution is 2.32. The number of hydrogen-bond acceptors (Lipinski definition) is 8. The number of carboxylic acid groups (broad SMARTS) is 2. The Labute approximate surface area is 282 Å². The number of aromatic amines is 1. The monoisotopic (exact) mass is 677 g/mol. The number of amides is 4. The van der Waals surface area contributed by atoms with E-state index in [-0.39, 0.29) is 31.7 Å². The van der Waals surface area contributed by atoms with Crippen molar-refractivity contribution in [1.82, 2.24) is 31.6 Å². The van der Waals surface area contributed by atoms with E-state index in [4.69, 9.17) is 5.73 Å². The summed E-state index contributed by atoms with van der Waals surface area (Å²) < 4.78 is 0. The second kappa shape index (κ2) is 16.7. The van der Waals surface area contributed by atoms with Crippen LogP contribution in [-0.4, -0.2) is 88.0 Å². The maximum Gasteiger partial charge on any atom is 0.326 e. The molecular formula is C34H43N7O8. The van der Waals surface area contributed by atoms with Gasteiger partial charge in [0.1, 0.15) is 18.1 Å². The average Bonchev–Trinajstić information content (AvgIpc) is 3.44. The zero-order valence-electron chi connectivity index (χ0n) is 27.3. The van der Waals surface area contributed by atoms with Crippen molar-refractivity contribution in [3.63, 3.8) is 0 Å². The molecule has 0 saturated carbocycles. The highest BCUT2D eigenvalue weighted by atomic mass is 16.4. The van der Waals surface area contributed by atoms with Gasteiger partial charge in [-0.15, -0.1) is 0 Å². The van der Waals surface area contributed by atoms with Gasteiger partial charge in [0.15, 0.2) is 0 Å². The Hall–Kier alpha value is -5.28. The van der Waals surface area contributed by atoms with Crippen LogP contribution in [0.15, 0.2) is 54.6 Å². The molecule has 1 aromatic heterocycles. The number of carbonyl (C=O) groups is 6. The van der Waals surface area contributed by atoms with Crippen molar-refractivity contribution >= 4 is 46.5 Å². The lowest BCUT2D eigenvalue weighted by Gasteiger charge is -2.32. The van der Waals surface area contributed by atoms with E-state index in [1.54, 1.807) is 24.3 Å². The van der Waals surface area contributed by atoms with E-state index in [2.05, 4.69) is 31.6 Å². The molecule has 0 bridgehead atoms. The lowest BCUT2D eigenvalue weighted by Crippen LogP contribution is -2.58. The van der Waals surface area contributed by atoms with Crippen LogP contribution in [0.3, 0.4) is 0 Å². The highest BCUT2D eigenvalue weighted by Gasteiger charge is 2.36. The van der Waals surface area contributed by atoms with Gasteiger partial charge in [0.2, 0.25) is 23.6 Å². The normalized spacial score (nSPS) is 17.3. The van der Waals surface area contributed by atoms with Crippen molar-refractivity contribution in [2.75, 3.05) is 13.1 Å². The van der Waals surface area contributed by atoms with Crippen molar-refractivity contribution in [3.05, 3.63) is 71.4 Å². The first-order valence-electron chi connectivity index (χ1n) is 16.1. The molecule has 0 aliphatic carbocycles.